The van der Waals surface area contributed by atoms with Crippen molar-refractivity contribution in [3.8, 4) is 5.88 Å². The first-order valence-electron chi connectivity index (χ1n) is 10.1. The van der Waals surface area contributed by atoms with Crippen LogP contribution in [0.25, 0.3) is 10.9 Å². The van der Waals surface area contributed by atoms with Gasteiger partial charge in [0.1, 0.15) is 19.0 Å². The lowest BCUT2D eigenvalue weighted by molar-refractivity contribution is -0.141. The van der Waals surface area contributed by atoms with E-state index in [1.807, 2.05) is 47.4 Å². The van der Waals surface area contributed by atoms with Gasteiger partial charge in [0.15, 0.2) is 0 Å². The van der Waals surface area contributed by atoms with E-state index >= 15 is 0 Å². The number of hydrogen-bond donors (Lipinski definition) is 0. The number of rotatable bonds is 5. The maximum Gasteiger partial charge on any atom is 0.226 e. The zero-order valence-corrected chi connectivity index (χ0v) is 16.1. The number of fused-ring (bicyclic) bond motifs is 1. The third-order valence-electron chi connectivity index (χ3n) is 5.70. The highest BCUT2D eigenvalue weighted by Gasteiger charge is 2.46. The van der Waals surface area contributed by atoms with Gasteiger partial charge < -0.3 is 14.4 Å². The summed E-state index contributed by atoms with van der Waals surface area (Å²) in [6, 6.07) is 18.1. The summed E-state index contributed by atoms with van der Waals surface area (Å²) in [5.41, 5.74) is 2.11. The number of carbonyl (C=O) groups excluding carboxylic acids is 1. The SMILES string of the molecule is O=C([C@@H]1C[C@H]1c1ccccc1)N1CCOC(COc2ncnc3ccccc23)C1. The third-order valence-corrected chi connectivity index (χ3v) is 5.70. The molecule has 1 aromatic heterocycles. The van der Waals surface area contributed by atoms with Crippen LogP contribution in [0.4, 0.5) is 0 Å². The quantitative estimate of drug-likeness (QED) is 0.671. The molecule has 0 N–H and O–H groups in total. The monoisotopic (exact) mass is 389 g/mol. The first kappa shape index (κ1) is 18.1. The topological polar surface area (TPSA) is 64.6 Å². The van der Waals surface area contributed by atoms with E-state index < -0.39 is 0 Å². The number of aromatic nitrogens is 2. The van der Waals surface area contributed by atoms with E-state index in [0.717, 1.165) is 17.3 Å². The molecule has 0 radical (unpaired) electrons. The molecule has 2 fully saturated rings. The lowest BCUT2D eigenvalue weighted by Gasteiger charge is -2.33. The van der Waals surface area contributed by atoms with E-state index in [4.69, 9.17) is 9.47 Å². The number of carbonyl (C=O) groups is 1. The molecule has 2 heterocycles. The van der Waals surface area contributed by atoms with Crippen LogP contribution in [-0.4, -0.2) is 53.2 Å². The molecule has 3 atom stereocenters. The maximum absolute atomic E-state index is 12.9. The molecule has 6 nitrogen and oxygen atoms in total. The van der Waals surface area contributed by atoms with E-state index in [0.29, 0.717) is 38.1 Å². The van der Waals surface area contributed by atoms with Gasteiger partial charge in [0.25, 0.3) is 0 Å². The number of para-hydroxylation sites is 1. The Balaban J connectivity index is 1.19. The molecule has 1 unspecified atom stereocenters. The molecular weight excluding hydrogens is 366 g/mol. The molecule has 1 aliphatic carbocycles. The van der Waals surface area contributed by atoms with Crippen molar-refractivity contribution in [1.29, 1.82) is 0 Å². The number of ether oxygens (including phenoxy) is 2. The highest BCUT2D eigenvalue weighted by Crippen LogP contribution is 2.48. The van der Waals surface area contributed by atoms with Gasteiger partial charge in [0.05, 0.1) is 24.1 Å². The first-order chi connectivity index (χ1) is 14.3. The summed E-state index contributed by atoms with van der Waals surface area (Å²) in [6.45, 7) is 2.09. The number of amides is 1. The average molecular weight is 389 g/mol. The molecule has 3 aromatic rings. The molecular formula is C23H23N3O3. The number of nitrogens with zero attached hydrogens (tertiary/aromatic N) is 3. The zero-order valence-electron chi connectivity index (χ0n) is 16.1. The van der Waals surface area contributed by atoms with Crippen molar-refractivity contribution >= 4 is 16.8 Å². The molecule has 1 amide bonds. The Kier molecular flexibility index (Phi) is 4.86. The third kappa shape index (κ3) is 3.80. The van der Waals surface area contributed by atoms with E-state index in [-0.39, 0.29) is 17.9 Å². The second-order valence-electron chi connectivity index (χ2n) is 7.64. The largest absolute Gasteiger partial charge is 0.474 e. The summed E-state index contributed by atoms with van der Waals surface area (Å²) in [4.78, 5) is 23.4. The van der Waals surface area contributed by atoms with Gasteiger partial charge in [0.2, 0.25) is 11.8 Å². The fourth-order valence-electron chi connectivity index (χ4n) is 4.06. The van der Waals surface area contributed by atoms with Gasteiger partial charge in [-0.15, -0.1) is 0 Å². The first-order valence-corrected chi connectivity index (χ1v) is 10.1. The van der Waals surface area contributed by atoms with Crippen LogP contribution in [0.1, 0.15) is 17.9 Å². The molecule has 6 heteroatoms. The van der Waals surface area contributed by atoms with E-state index in [1.54, 1.807) is 0 Å². The number of morpholine rings is 1. The Labute approximate surface area is 169 Å². The minimum absolute atomic E-state index is 0.0999. The summed E-state index contributed by atoms with van der Waals surface area (Å²) in [5, 5.41) is 0.877. The Morgan fingerprint density at radius 3 is 2.83 bits per heavy atom. The predicted octanol–water partition coefficient (Wildman–Crippen LogP) is 3.04. The van der Waals surface area contributed by atoms with Crippen LogP contribution in [0.5, 0.6) is 5.88 Å². The zero-order chi connectivity index (χ0) is 19.6. The minimum atomic E-state index is -0.157. The smallest absolute Gasteiger partial charge is 0.226 e. The van der Waals surface area contributed by atoms with Crippen LogP contribution < -0.4 is 4.74 Å². The standard InChI is InChI=1S/C23H23N3O3/c27-23(20-12-19(20)16-6-2-1-3-7-16)26-10-11-28-17(13-26)14-29-22-18-8-4-5-9-21(18)24-15-25-22/h1-9,15,17,19-20H,10-14H2/t17?,19-,20+/m0/s1. The van der Waals surface area contributed by atoms with Crippen molar-refractivity contribution in [3.05, 3.63) is 66.5 Å². The Hall–Kier alpha value is -2.99. The van der Waals surface area contributed by atoms with Crippen molar-refractivity contribution < 1.29 is 14.3 Å². The van der Waals surface area contributed by atoms with E-state index in [2.05, 4.69) is 22.1 Å². The summed E-state index contributed by atoms with van der Waals surface area (Å²) in [7, 11) is 0. The molecule has 1 saturated carbocycles. The summed E-state index contributed by atoms with van der Waals surface area (Å²) in [6.07, 6.45) is 2.29. The maximum atomic E-state index is 12.9. The van der Waals surface area contributed by atoms with Crippen LogP contribution in [0.2, 0.25) is 0 Å². The molecule has 1 saturated heterocycles. The van der Waals surface area contributed by atoms with E-state index in [1.165, 1.54) is 11.9 Å². The Morgan fingerprint density at radius 2 is 1.93 bits per heavy atom. The van der Waals surface area contributed by atoms with Crippen LogP contribution in [0, 0.1) is 5.92 Å². The van der Waals surface area contributed by atoms with Crippen molar-refractivity contribution in [1.82, 2.24) is 14.9 Å². The molecule has 5 rings (SSSR count). The molecule has 2 aromatic carbocycles. The van der Waals surface area contributed by atoms with Crippen molar-refractivity contribution in [2.45, 2.75) is 18.4 Å². The highest BCUT2D eigenvalue weighted by molar-refractivity contribution is 5.83. The van der Waals surface area contributed by atoms with Gasteiger partial charge in [-0.1, -0.05) is 42.5 Å². The molecule has 1 aliphatic heterocycles. The second-order valence-corrected chi connectivity index (χ2v) is 7.64. The molecule has 148 valence electrons. The van der Waals surface area contributed by atoms with Crippen molar-refractivity contribution in [2.24, 2.45) is 5.92 Å². The van der Waals surface area contributed by atoms with Gasteiger partial charge in [-0.05, 0) is 30.0 Å². The highest BCUT2D eigenvalue weighted by atomic mass is 16.5. The van der Waals surface area contributed by atoms with Gasteiger partial charge in [-0.2, -0.15) is 0 Å². The van der Waals surface area contributed by atoms with Crippen LogP contribution in [0.15, 0.2) is 60.9 Å². The number of hydrogen-bond acceptors (Lipinski definition) is 5. The van der Waals surface area contributed by atoms with Crippen LogP contribution in [0.3, 0.4) is 0 Å². The molecule has 0 spiro atoms. The van der Waals surface area contributed by atoms with Crippen LogP contribution >= 0.6 is 0 Å². The molecule has 2 aliphatic rings. The lowest BCUT2D eigenvalue weighted by atomic mass is 10.1. The Bertz CT molecular complexity index is 1010. The van der Waals surface area contributed by atoms with Gasteiger partial charge >= 0.3 is 0 Å². The normalized spacial score (nSPS) is 23.7. The van der Waals surface area contributed by atoms with Crippen molar-refractivity contribution in [2.75, 3.05) is 26.3 Å². The summed E-state index contributed by atoms with van der Waals surface area (Å²) >= 11 is 0. The fourth-order valence-corrected chi connectivity index (χ4v) is 4.06. The average Bonchev–Trinajstić information content (AvgIpc) is 3.59. The summed E-state index contributed by atoms with van der Waals surface area (Å²) < 4.78 is 11.8. The molecule has 29 heavy (non-hydrogen) atoms. The number of benzene rings is 2. The van der Waals surface area contributed by atoms with E-state index in [9.17, 15) is 4.79 Å². The second kappa shape index (κ2) is 7.79. The van der Waals surface area contributed by atoms with Crippen molar-refractivity contribution in [3.63, 3.8) is 0 Å². The fraction of sp³-hybridized carbons (Fsp3) is 0.348. The summed E-state index contributed by atoms with van der Waals surface area (Å²) in [5.74, 6) is 1.24. The minimum Gasteiger partial charge on any atom is -0.474 e. The predicted molar refractivity (Wildman–Crippen MR) is 109 cm³/mol. The van der Waals surface area contributed by atoms with Gasteiger partial charge in [0, 0.05) is 12.5 Å². The molecule has 0 bridgehead atoms. The van der Waals surface area contributed by atoms with Gasteiger partial charge in [-0.25, -0.2) is 9.97 Å². The Morgan fingerprint density at radius 1 is 1.10 bits per heavy atom. The van der Waals surface area contributed by atoms with Crippen LogP contribution in [-0.2, 0) is 9.53 Å². The lowest BCUT2D eigenvalue weighted by Crippen LogP contribution is -2.48. The van der Waals surface area contributed by atoms with Gasteiger partial charge in [-0.3, -0.25) is 4.79 Å².